The molecule has 0 unspecified atom stereocenters. The minimum atomic E-state index is -3.44. The van der Waals surface area contributed by atoms with Crippen LogP contribution in [-0.4, -0.2) is 41.2 Å². The van der Waals surface area contributed by atoms with Gasteiger partial charge in [0.25, 0.3) is 17.5 Å². The molecule has 1 aliphatic carbocycles. The molecular formula is C26H20N8O6S. The van der Waals surface area contributed by atoms with Crippen LogP contribution in [0.2, 0.25) is 0 Å². The molecule has 1 aromatic heterocycles. The molecule has 14 nitrogen and oxygen atoms in total. The van der Waals surface area contributed by atoms with E-state index in [1.165, 1.54) is 22.9 Å². The predicted octanol–water partition coefficient (Wildman–Crippen LogP) is 4.24. The van der Waals surface area contributed by atoms with Crippen molar-refractivity contribution in [2.75, 3.05) is 11.6 Å². The highest BCUT2D eigenvalue weighted by Crippen LogP contribution is 2.38. The largest absolute Gasteiger partial charge is 0.364 e. The van der Waals surface area contributed by atoms with E-state index in [0.29, 0.717) is 41.0 Å². The van der Waals surface area contributed by atoms with Gasteiger partial charge < -0.3 is 11.1 Å². The molecular weight excluding hydrogens is 552 g/mol. The number of nitro groups is 1. The van der Waals surface area contributed by atoms with E-state index in [9.17, 15) is 28.1 Å². The van der Waals surface area contributed by atoms with Crippen molar-refractivity contribution in [3.63, 3.8) is 0 Å². The lowest BCUT2D eigenvalue weighted by atomic mass is 9.88. The van der Waals surface area contributed by atoms with E-state index in [1.807, 2.05) is 0 Å². The van der Waals surface area contributed by atoms with E-state index in [2.05, 4.69) is 20.4 Å². The lowest BCUT2D eigenvalue weighted by Gasteiger charge is -2.20. The Morgan fingerprint density at radius 2 is 1.85 bits per heavy atom. The number of carbonyl (C=O) groups excluding carboxylic acids is 2. The predicted molar refractivity (Wildman–Crippen MR) is 148 cm³/mol. The molecule has 1 aliphatic rings. The molecule has 206 valence electrons. The average Bonchev–Trinajstić information content (AvgIpc) is 3.33. The first-order valence-corrected chi connectivity index (χ1v) is 13.9. The van der Waals surface area contributed by atoms with Crippen LogP contribution in [0.3, 0.4) is 0 Å². The van der Waals surface area contributed by atoms with Crippen LogP contribution >= 0.6 is 0 Å². The van der Waals surface area contributed by atoms with Crippen molar-refractivity contribution in [2.24, 2.45) is 10.8 Å². The Kier molecular flexibility index (Phi) is 6.74. The second-order valence-corrected chi connectivity index (χ2v) is 11.2. The van der Waals surface area contributed by atoms with Gasteiger partial charge in [0.2, 0.25) is 0 Å². The fraction of sp³-hybridized carbons (Fsp3) is 0.115. The maximum absolute atomic E-state index is 13.1. The van der Waals surface area contributed by atoms with Crippen LogP contribution in [0.25, 0.3) is 27.4 Å². The van der Waals surface area contributed by atoms with Gasteiger partial charge >= 0.3 is 0 Å². The van der Waals surface area contributed by atoms with Crippen molar-refractivity contribution in [1.29, 1.82) is 0 Å². The number of carbonyl (C=O) groups is 2. The molecule has 1 heterocycles. The second kappa shape index (κ2) is 10.2. The maximum atomic E-state index is 13.1. The molecule has 0 saturated carbocycles. The minimum absolute atomic E-state index is 0.0307. The van der Waals surface area contributed by atoms with Gasteiger partial charge in [0.05, 0.1) is 21.2 Å². The van der Waals surface area contributed by atoms with E-state index in [4.69, 9.17) is 11.3 Å². The normalized spacial score (nSPS) is 12.0. The summed E-state index contributed by atoms with van der Waals surface area (Å²) >= 11 is 0. The van der Waals surface area contributed by atoms with Crippen LogP contribution in [0.15, 0.2) is 70.7 Å². The van der Waals surface area contributed by atoms with Crippen LogP contribution in [-0.2, 0) is 22.7 Å². The van der Waals surface area contributed by atoms with Crippen LogP contribution < -0.4 is 11.1 Å². The zero-order valence-corrected chi connectivity index (χ0v) is 22.1. The Bertz CT molecular complexity index is 1930. The first-order chi connectivity index (χ1) is 19.5. The number of nitrogens with two attached hydrogens (primary N) is 1. The molecule has 4 aromatic rings. The van der Waals surface area contributed by atoms with E-state index in [1.54, 1.807) is 30.3 Å². The van der Waals surface area contributed by atoms with Gasteiger partial charge in [0.15, 0.2) is 15.5 Å². The number of nitrogens with zero attached hydrogens (tertiary/aromatic N) is 6. The van der Waals surface area contributed by atoms with Crippen LogP contribution in [0, 0.1) is 10.1 Å². The molecule has 15 heteroatoms. The number of hydrogen-bond donors (Lipinski definition) is 2. The number of nitro benzene ring substituents is 1. The van der Waals surface area contributed by atoms with Crippen molar-refractivity contribution in [1.82, 2.24) is 9.78 Å². The molecule has 3 aromatic carbocycles. The van der Waals surface area contributed by atoms with Gasteiger partial charge in [-0.1, -0.05) is 11.2 Å². The summed E-state index contributed by atoms with van der Waals surface area (Å²) in [6, 6.07) is 14.5. The minimum Gasteiger partial charge on any atom is -0.364 e. The summed E-state index contributed by atoms with van der Waals surface area (Å²) in [7, 11) is -3.44. The van der Waals surface area contributed by atoms with Crippen molar-refractivity contribution in [3.05, 3.63) is 104 Å². The summed E-state index contributed by atoms with van der Waals surface area (Å²) in [6.45, 7) is 0. The molecule has 0 saturated heterocycles. The molecule has 0 radical (unpaired) electrons. The molecule has 0 aliphatic heterocycles. The second-order valence-electron chi connectivity index (χ2n) is 9.19. The van der Waals surface area contributed by atoms with Gasteiger partial charge in [-0.25, -0.2) is 13.1 Å². The van der Waals surface area contributed by atoms with E-state index in [0.717, 1.165) is 24.0 Å². The number of amides is 2. The molecule has 0 bridgehead atoms. The van der Waals surface area contributed by atoms with E-state index < -0.39 is 32.3 Å². The number of sulfone groups is 1. The van der Waals surface area contributed by atoms with Gasteiger partial charge in [0, 0.05) is 39.7 Å². The smallest absolute Gasteiger partial charge is 0.282 e. The Hall–Kier alpha value is -5.53. The van der Waals surface area contributed by atoms with Gasteiger partial charge in [-0.15, -0.1) is 0 Å². The number of primary amides is 1. The quantitative estimate of drug-likeness (QED) is 0.108. The van der Waals surface area contributed by atoms with Gasteiger partial charge in [-0.3, -0.25) is 19.7 Å². The highest BCUT2D eigenvalue weighted by atomic mass is 32.2. The summed E-state index contributed by atoms with van der Waals surface area (Å²) in [5.41, 5.74) is 17.1. The lowest BCUT2D eigenvalue weighted by molar-refractivity contribution is -0.385. The number of rotatable bonds is 7. The summed E-state index contributed by atoms with van der Waals surface area (Å²) in [5, 5.41) is 22.0. The maximum Gasteiger partial charge on any atom is 0.282 e. The van der Waals surface area contributed by atoms with Crippen molar-refractivity contribution in [2.45, 2.75) is 17.7 Å². The number of aryl methyl sites for hydroxylation is 1. The molecule has 5 rings (SSSR count). The number of anilines is 1. The zero-order chi connectivity index (χ0) is 29.5. The standard InChI is InChI=1S/C26H20N8O6S/c1-41(39,40)18-8-6-17(7-9-18)33-24-19(23(31-33)25(27)35)10-3-14-2-4-15(12-20(14)24)29-26(36)21-13-16(30-32-28)5-11-22(21)34(37)38/h2,4-9,11-13H,3,10H2,1H3,(H2,27,35)(H,29,36). The third-order valence-electron chi connectivity index (χ3n) is 6.58. The van der Waals surface area contributed by atoms with Gasteiger partial charge in [0.1, 0.15) is 5.56 Å². The van der Waals surface area contributed by atoms with Gasteiger partial charge in [-0.05, 0) is 72.5 Å². The molecule has 0 spiro atoms. The third kappa shape index (κ3) is 5.09. The first-order valence-electron chi connectivity index (χ1n) is 12.0. The van der Waals surface area contributed by atoms with E-state index >= 15 is 0 Å². The number of benzene rings is 3. The number of azide groups is 1. The van der Waals surface area contributed by atoms with Gasteiger partial charge in [-0.2, -0.15) is 5.10 Å². The number of aromatic nitrogens is 2. The molecule has 0 fully saturated rings. The summed E-state index contributed by atoms with van der Waals surface area (Å²) in [5.74, 6) is -1.53. The average molecular weight is 573 g/mol. The van der Waals surface area contributed by atoms with Crippen molar-refractivity contribution < 1.29 is 22.9 Å². The Labute approximate surface area is 232 Å². The first kappa shape index (κ1) is 27.1. The molecule has 3 N–H and O–H groups in total. The van der Waals surface area contributed by atoms with Crippen molar-refractivity contribution in [3.8, 4) is 16.9 Å². The SMILES string of the molecule is CS(=O)(=O)c1ccc(-n2nc(C(N)=O)c3c2-c2cc(NC(=O)c4cc(N=[N+]=[N-])ccc4[N+](=O)[O-])ccc2CC3)cc1. The number of fused-ring (bicyclic) bond motifs is 3. The summed E-state index contributed by atoms with van der Waals surface area (Å²) in [6.07, 6.45) is 2.11. The van der Waals surface area contributed by atoms with E-state index in [-0.39, 0.29) is 21.8 Å². The lowest BCUT2D eigenvalue weighted by Crippen LogP contribution is -2.16. The Balaban J connectivity index is 1.59. The molecule has 41 heavy (non-hydrogen) atoms. The Morgan fingerprint density at radius 1 is 1.12 bits per heavy atom. The zero-order valence-electron chi connectivity index (χ0n) is 21.3. The fourth-order valence-electron chi connectivity index (χ4n) is 4.71. The van der Waals surface area contributed by atoms with Crippen LogP contribution in [0.5, 0.6) is 0 Å². The summed E-state index contributed by atoms with van der Waals surface area (Å²) in [4.78, 5) is 39.0. The molecule has 2 amide bonds. The van der Waals surface area contributed by atoms with Crippen LogP contribution in [0.1, 0.15) is 32.0 Å². The van der Waals surface area contributed by atoms with Crippen LogP contribution in [0.4, 0.5) is 17.1 Å². The third-order valence-corrected chi connectivity index (χ3v) is 7.70. The Morgan fingerprint density at radius 3 is 2.49 bits per heavy atom. The fourth-order valence-corrected chi connectivity index (χ4v) is 5.34. The van der Waals surface area contributed by atoms with Crippen molar-refractivity contribution >= 4 is 38.7 Å². The molecule has 0 atom stereocenters. The highest BCUT2D eigenvalue weighted by Gasteiger charge is 2.29. The topological polar surface area (TPSA) is 216 Å². The summed E-state index contributed by atoms with van der Waals surface area (Å²) < 4.78 is 25.4. The number of nitrogens with one attached hydrogen (secondary N) is 1. The monoisotopic (exact) mass is 572 g/mol. The highest BCUT2D eigenvalue weighted by molar-refractivity contribution is 7.90. The number of hydrogen-bond acceptors (Lipinski definition) is 8.